The Morgan fingerprint density at radius 2 is 2.46 bits per heavy atom. The average Bonchev–Trinajstić information content (AvgIpc) is 2.75. The Balaban J connectivity index is 2.39. The molecule has 0 aliphatic carbocycles. The van der Waals surface area contributed by atoms with Gasteiger partial charge in [-0.2, -0.15) is 11.3 Å². The Bertz CT molecular complexity index is 418. The molecule has 0 saturated carbocycles. The molecular formula is C8H5NO3S. The maximum Gasteiger partial charge on any atom is 0.374 e. The standard InChI is InChI=1S/C8H5NO3S/c10-8(11)7-3-6(9-12-7)5-1-2-13-4-5/h1-4H,(H,10,11). The zero-order chi connectivity index (χ0) is 9.26. The summed E-state index contributed by atoms with van der Waals surface area (Å²) < 4.78 is 4.60. The molecule has 13 heavy (non-hydrogen) atoms. The van der Waals surface area contributed by atoms with Gasteiger partial charge < -0.3 is 9.63 Å². The number of thiophene rings is 1. The molecule has 2 aromatic rings. The lowest BCUT2D eigenvalue weighted by Gasteiger charge is -1.82. The normalized spacial score (nSPS) is 10.2. The van der Waals surface area contributed by atoms with Crippen LogP contribution in [0.4, 0.5) is 0 Å². The Kier molecular flexibility index (Phi) is 1.86. The smallest absolute Gasteiger partial charge is 0.374 e. The molecule has 4 nitrogen and oxygen atoms in total. The van der Waals surface area contributed by atoms with Gasteiger partial charge in [-0.15, -0.1) is 0 Å². The molecule has 0 bridgehead atoms. The summed E-state index contributed by atoms with van der Waals surface area (Å²) in [6.07, 6.45) is 0. The zero-order valence-electron chi connectivity index (χ0n) is 6.43. The molecule has 0 aliphatic heterocycles. The number of nitrogens with zero attached hydrogens (tertiary/aromatic N) is 1. The van der Waals surface area contributed by atoms with Gasteiger partial charge in [-0.3, -0.25) is 0 Å². The summed E-state index contributed by atoms with van der Waals surface area (Å²) in [7, 11) is 0. The van der Waals surface area contributed by atoms with Crippen LogP contribution in [0.3, 0.4) is 0 Å². The minimum atomic E-state index is -1.10. The van der Waals surface area contributed by atoms with Crippen molar-refractivity contribution in [2.75, 3.05) is 0 Å². The molecule has 2 heterocycles. The Morgan fingerprint density at radius 1 is 1.62 bits per heavy atom. The van der Waals surface area contributed by atoms with Crippen LogP contribution in [0.1, 0.15) is 10.6 Å². The molecule has 0 aromatic carbocycles. The first-order chi connectivity index (χ1) is 6.27. The van der Waals surface area contributed by atoms with Gasteiger partial charge in [0.15, 0.2) is 0 Å². The van der Waals surface area contributed by atoms with Crippen LogP contribution in [0.25, 0.3) is 11.3 Å². The monoisotopic (exact) mass is 195 g/mol. The van der Waals surface area contributed by atoms with E-state index in [1.165, 1.54) is 17.4 Å². The first kappa shape index (κ1) is 8.00. The van der Waals surface area contributed by atoms with Crippen LogP contribution in [0.2, 0.25) is 0 Å². The lowest BCUT2D eigenvalue weighted by molar-refractivity contribution is 0.0652. The highest BCUT2D eigenvalue weighted by Crippen LogP contribution is 2.21. The molecular weight excluding hydrogens is 190 g/mol. The predicted molar refractivity (Wildman–Crippen MR) is 46.8 cm³/mol. The van der Waals surface area contributed by atoms with E-state index in [-0.39, 0.29) is 5.76 Å². The molecule has 2 rings (SSSR count). The van der Waals surface area contributed by atoms with Crippen molar-refractivity contribution in [1.29, 1.82) is 0 Å². The molecule has 0 spiro atoms. The fourth-order valence-electron chi connectivity index (χ4n) is 0.922. The molecule has 1 N–H and O–H groups in total. The summed E-state index contributed by atoms with van der Waals surface area (Å²) in [5.41, 5.74) is 1.43. The fourth-order valence-corrected chi connectivity index (χ4v) is 1.57. The number of carboxylic acids is 1. The van der Waals surface area contributed by atoms with Crippen LogP contribution in [-0.2, 0) is 0 Å². The van der Waals surface area contributed by atoms with Crippen molar-refractivity contribution in [3.63, 3.8) is 0 Å². The SMILES string of the molecule is O=C(O)c1cc(-c2ccsc2)no1. The highest BCUT2D eigenvalue weighted by molar-refractivity contribution is 7.08. The second-order valence-corrected chi connectivity index (χ2v) is 3.17. The number of carbonyl (C=O) groups is 1. The van der Waals surface area contributed by atoms with Crippen molar-refractivity contribution in [1.82, 2.24) is 5.16 Å². The van der Waals surface area contributed by atoms with Gasteiger partial charge in [0, 0.05) is 17.0 Å². The number of hydrogen-bond donors (Lipinski definition) is 1. The molecule has 0 saturated heterocycles. The van der Waals surface area contributed by atoms with Crippen molar-refractivity contribution in [3.8, 4) is 11.3 Å². The number of aromatic carboxylic acids is 1. The van der Waals surface area contributed by atoms with Gasteiger partial charge in [0.1, 0.15) is 5.69 Å². The maximum absolute atomic E-state index is 10.5. The van der Waals surface area contributed by atoms with Crippen molar-refractivity contribution in [3.05, 3.63) is 28.7 Å². The number of carboxylic acid groups (broad SMARTS) is 1. The van der Waals surface area contributed by atoms with E-state index in [0.717, 1.165) is 5.56 Å². The van der Waals surface area contributed by atoms with E-state index < -0.39 is 5.97 Å². The van der Waals surface area contributed by atoms with Crippen LogP contribution in [-0.4, -0.2) is 16.2 Å². The lowest BCUT2D eigenvalue weighted by Crippen LogP contribution is -1.91. The fraction of sp³-hybridized carbons (Fsp3) is 0. The first-order valence-electron chi connectivity index (χ1n) is 3.50. The topological polar surface area (TPSA) is 63.3 Å². The first-order valence-corrected chi connectivity index (χ1v) is 4.44. The quantitative estimate of drug-likeness (QED) is 0.797. The van der Waals surface area contributed by atoms with Crippen molar-refractivity contribution < 1.29 is 14.4 Å². The summed E-state index contributed by atoms with van der Waals surface area (Å²) in [5, 5.41) is 16.0. The van der Waals surface area contributed by atoms with Gasteiger partial charge in [0.25, 0.3) is 0 Å². The van der Waals surface area contributed by atoms with Gasteiger partial charge >= 0.3 is 5.97 Å². The minimum absolute atomic E-state index is 0.138. The summed E-state index contributed by atoms with van der Waals surface area (Å²) in [4.78, 5) is 10.5. The summed E-state index contributed by atoms with van der Waals surface area (Å²) >= 11 is 1.52. The summed E-state index contributed by atoms with van der Waals surface area (Å²) in [5.74, 6) is -1.24. The van der Waals surface area contributed by atoms with E-state index >= 15 is 0 Å². The second-order valence-electron chi connectivity index (χ2n) is 2.39. The van der Waals surface area contributed by atoms with Crippen molar-refractivity contribution in [2.45, 2.75) is 0 Å². The molecule has 0 amide bonds. The maximum atomic E-state index is 10.5. The molecule has 0 atom stereocenters. The van der Waals surface area contributed by atoms with Gasteiger partial charge in [-0.25, -0.2) is 4.79 Å². The molecule has 2 aromatic heterocycles. The summed E-state index contributed by atoms with van der Waals surface area (Å²) in [6, 6.07) is 3.26. The van der Waals surface area contributed by atoms with Crippen LogP contribution < -0.4 is 0 Å². The van der Waals surface area contributed by atoms with Crippen LogP contribution in [0.5, 0.6) is 0 Å². The Labute approximate surface area is 77.4 Å². The average molecular weight is 195 g/mol. The third kappa shape index (κ3) is 1.46. The third-order valence-electron chi connectivity index (χ3n) is 1.54. The zero-order valence-corrected chi connectivity index (χ0v) is 7.25. The van der Waals surface area contributed by atoms with Crippen molar-refractivity contribution >= 4 is 17.3 Å². The van der Waals surface area contributed by atoms with Gasteiger partial charge in [0.2, 0.25) is 5.76 Å². The number of hydrogen-bond acceptors (Lipinski definition) is 4. The minimum Gasteiger partial charge on any atom is -0.475 e. The number of aromatic nitrogens is 1. The van der Waals surface area contributed by atoms with Crippen LogP contribution >= 0.6 is 11.3 Å². The molecule has 66 valence electrons. The number of rotatable bonds is 2. The van der Waals surface area contributed by atoms with E-state index in [4.69, 9.17) is 5.11 Å². The van der Waals surface area contributed by atoms with Gasteiger partial charge in [-0.05, 0) is 11.4 Å². The van der Waals surface area contributed by atoms with Gasteiger partial charge in [-0.1, -0.05) is 5.16 Å². The lowest BCUT2D eigenvalue weighted by atomic mass is 10.2. The molecule has 0 aliphatic rings. The third-order valence-corrected chi connectivity index (χ3v) is 2.22. The molecule has 0 fully saturated rings. The highest BCUT2D eigenvalue weighted by Gasteiger charge is 2.11. The Morgan fingerprint density at radius 3 is 3.00 bits per heavy atom. The molecule has 0 unspecified atom stereocenters. The molecule has 0 radical (unpaired) electrons. The van der Waals surface area contributed by atoms with Crippen molar-refractivity contribution in [2.24, 2.45) is 0 Å². The van der Waals surface area contributed by atoms with Crippen LogP contribution in [0.15, 0.2) is 27.4 Å². The van der Waals surface area contributed by atoms with Crippen LogP contribution in [0, 0.1) is 0 Å². The predicted octanol–water partition coefficient (Wildman–Crippen LogP) is 2.10. The summed E-state index contributed by atoms with van der Waals surface area (Å²) in [6.45, 7) is 0. The highest BCUT2D eigenvalue weighted by atomic mass is 32.1. The van der Waals surface area contributed by atoms with E-state index in [1.54, 1.807) is 0 Å². The second kappa shape index (κ2) is 3.02. The Hall–Kier alpha value is -1.62. The largest absolute Gasteiger partial charge is 0.475 e. The van der Waals surface area contributed by atoms with E-state index in [0.29, 0.717) is 5.69 Å². The van der Waals surface area contributed by atoms with E-state index in [9.17, 15) is 4.79 Å². The van der Waals surface area contributed by atoms with E-state index in [1.807, 2.05) is 16.8 Å². The van der Waals surface area contributed by atoms with E-state index in [2.05, 4.69) is 9.68 Å². The van der Waals surface area contributed by atoms with Gasteiger partial charge in [0.05, 0.1) is 0 Å². The molecule has 5 heteroatoms.